The van der Waals surface area contributed by atoms with E-state index in [0.717, 1.165) is 10.0 Å². The number of hydrogen-bond donors (Lipinski definition) is 1. The number of aryl methyl sites for hydroxylation is 1. The molecule has 114 valence electrons. The lowest BCUT2D eigenvalue weighted by Crippen LogP contribution is -2.19. The van der Waals surface area contributed by atoms with Crippen LogP contribution in [0.3, 0.4) is 0 Å². The Hall–Kier alpha value is -1.92. The van der Waals surface area contributed by atoms with Crippen molar-refractivity contribution < 1.29 is 13.2 Å². The molecule has 0 saturated heterocycles. The lowest BCUT2D eigenvalue weighted by molar-refractivity contribution is -0.108. The monoisotopic (exact) mass is 379 g/mol. The number of benzene rings is 2. The molecular weight excluding hydrogens is 366 g/mol. The van der Waals surface area contributed by atoms with Crippen LogP contribution in [0.5, 0.6) is 0 Å². The minimum absolute atomic E-state index is 0.135. The zero-order valence-corrected chi connectivity index (χ0v) is 14.2. The first-order valence-corrected chi connectivity index (χ1v) is 8.70. The van der Waals surface area contributed by atoms with Crippen molar-refractivity contribution in [1.29, 1.82) is 0 Å². The molecule has 2 aromatic carbocycles. The van der Waals surface area contributed by atoms with Crippen molar-refractivity contribution in [1.82, 2.24) is 5.32 Å². The molecule has 2 aromatic rings. The molecule has 0 fully saturated rings. The maximum absolute atomic E-state index is 12.6. The molecule has 1 N–H and O–H groups in total. The summed E-state index contributed by atoms with van der Waals surface area (Å²) in [4.78, 5) is 10.9. The predicted molar refractivity (Wildman–Crippen MR) is 89.7 cm³/mol. The average molecular weight is 380 g/mol. The molecular formula is C16H14BrNO3S. The normalized spacial score (nSPS) is 12.0. The fourth-order valence-corrected chi connectivity index (χ4v) is 3.32. The summed E-state index contributed by atoms with van der Waals surface area (Å²) in [6.45, 7) is 1.87. The van der Waals surface area contributed by atoms with E-state index in [1.54, 1.807) is 36.4 Å². The summed E-state index contributed by atoms with van der Waals surface area (Å²) in [5, 5.41) is 2.12. The number of nitrogens with one attached hydrogen (secondary N) is 1. The molecule has 2 rings (SSSR count). The first-order chi connectivity index (χ1) is 10.4. The molecule has 0 aromatic heterocycles. The van der Waals surface area contributed by atoms with E-state index in [1.807, 2.05) is 6.92 Å². The van der Waals surface area contributed by atoms with Crippen LogP contribution in [0.15, 0.2) is 62.9 Å². The van der Waals surface area contributed by atoms with E-state index in [9.17, 15) is 13.2 Å². The molecule has 0 aliphatic heterocycles. The van der Waals surface area contributed by atoms with Gasteiger partial charge in [0.25, 0.3) is 0 Å². The Bertz CT molecular complexity index is 794. The van der Waals surface area contributed by atoms with Crippen molar-refractivity contribution >= 4 is 38.3 Å². The largest absolute Gasteiger partial charge is 0.319 e. The van der Waals surface area contributed by atoms with Crippen LogP contribution in [0.4, 0.5) is 0 Å². The summed E-state index contributed by atoms with van der Waals surface area (Å²) in [5.74, 6) is 0. The summed E-state index contributed by atoms with van der Waals surface area (Å²) < 4.78 is 26.1. The van der Waals surface area contributed by atoms with Gasteiger partial charge in [-0.15, -0.1) is 0 Å². The van der Waals surface area contributed by atoms with Gasteiger partial charge in [-0.05, 0) is 42.8 Å². The summed E-state index contributed by atoms with van der Waals surface area (Å²) in [6.07, 6.45) is 1.78. The van der Waals surface area contributed by atoms with Crippen molar-refractivity contribution in [2.45, 2.75) is 11.8 Å². The Balaban J connectivity index is 2.48. The van der Waals surface area contributed by atoms with E-state index in [1.165, 1.54) is 18.2 Å². The van der Waals surface area contributed by atoms with Gasteiger partial charge in [-0.25, -0.2) is 8.42 Å². The molecule has 4 nitrogen and oxygen atoms in total. The topological polar surface area (TPSA) is 63.2 Å². The number of rotatable bonds is 5. The SMILES string of the molecule is Cc1ccc(S(=O)(=O)C(=Cc2ccc(Br)cc2)NC=O)cc1. The third-order valence-electron chi connectivity index (χ3n) is 2.99. The summed E-state index contributed by atoms with van der Waals surface area (Å²) in [6, 6.07) is 13.6. The van der Waals surface area contributed by atoms with E-state index in [2.05, 4.69) is 21.2 Å². The third kappa shape index (κ3) is 3.84. The Morgan fingerprint density at radius 2 is 1.64 bits per heavy atom. The first-order valence-electron chi connectivity index (χ1n) is 6.43. The van der Waals surface area contributed by atoms with Crippen molar-refractivity contribution in [2.75, 3.05) is 0 Å². The van der Waals surface area contributed by atoms with E-state index in [0.29, 0.717) is 12.0 Å². The van der Waals surface area contributed by atoms with E-state index in [4.69, 9.17) is 0 Å². The molecule has 0 saturated carbocycles. The predicted octanol–water partition coefficient (Wildman–Crippen LogP) is 3.28. The molecule has 0 heterocycles. The van der Waals surface area contributed by atoms with Crippen LogP contribution in [-0.2, 0) is 14.6 Å². The Morgan fingerprint density at radius 1 is 1.05 bits per heavy atom. The highest BCUT2D eigenvalue weighted by Gasteiger charge is 2.20. The molecule has 0 spiro atoms. The van der Waals surface area contributed by atoms with Crippen LogP contribution < -0.4 is 5.32 Å². The Kier molecular flexibility index (Phi) is 5.15. The van der Waals surface area contributed by atoms with Gasteiger partial charge in [0.2, 0.25) is 16.2 Å². The second kappa shape index (κ2) is 6.89. The maximum atomic E-state index is 12.6. The number of carbonyl (C=O) groups is 1. The molecule has 0 aliphatic rings. The smallest absolute Gasteiger partial charge is 0.221 e. The van der Waals surface area contributed by atoms with Gasteiger partial charge < -0.3 is 5.32 Å². The van der Waals surface area contributed by atoms with Crippen molar-refractivity contribution in [3.63, 3.8) is 0 Å². The van der Waals surface area contributed by atoms with Gasteiger partial charge in [-0.3, -0.25) is 4.79 Å². The van der Waals surface area contributed by atoms with Gasteiger partial charge in [0.15, 0.2) is 0 Å². The quantitative estimate of drug-likeness (QED) is 0.810. The number of sulfone groups is 1. The highest BCUT2D eigenvalue weighted by Crippen LogP contribution is 2.21. The molecule has 0 aliphatic carbocycles. The fourth-order valence-electron chi connectivity index (χ4n) is 1.81. The van der Waals surface area contributed by atoms with Crippen LogP contribution in [0, 0.1) is 6.92 Å². The van der Waals surface area contributed by atoms with Gasteiger partial charge in [0.1, 0.15) is 5.03 Å². The number of carbonyl (C=O) groups excluding carboxylic acids is 1. The van der Waals surface area contributed by atoms with Crippen LogP contribution in [0.2, 0.25) is 0 Å². The van der Waals surface area contributed by atoms with Gasteiger partial charge in [-0.2, -0.15) is 0 Å². The maximum Gasteiger partial charge on any atom is 0.221 e. The number of halogens is 1. The average Bonchev–Trinajstić information content (AvgIpc) is 2.49. The van der Waals surface area contributed by atoms with Gasteiger partial charge >= 0.3 is 0 Å². The molecule has 0 atom stereocenters. The molecule has 0 unspecified atom stereocenters. The summed E-state index contributed by atoms with van der Waals surface area (Å²) in [5.41, 5.74) is 1.63. The van der Waals surface area contributed by atoms with Crippen molar-refractivity contribution in [3.05, 3.63) is 69.2 Å². The van der Waals surface area contributed by atoms with Crippen LogP contribution in [0.1, 0.15) is 11.1 Å². The van der Waals surface area contributed by atoms with E-state index in [-0.39, 0.29) is 9.92 Å². The number of amides is 1. The first kappa shape index (κ1) is 16.5. The molecule has 6 heteroatoms. The minimum atomic E-state index is -3.78. The van der Waals surface area contributed by atoms with E-state index < -0.39 is 9.84 Å². The molecule has 0 bridgehead atoms. The van der Waals surface area contributed by atoms with Gasteiger partial charge in [0.05, 0.1) is 4.90 Å². The van der Waals surface area contributed by atoms with Crippen molar-refractivity contribution in [3.8, 4) is 0 Å². The molecule has 1 amide bonds. The second-order valence-corrected chi connectivity index (χ2v) is 7.47. The van der Waals surface area contributed by atoms with Gasteiger partial charge in [-0.1, -0.05) is 45.8 Å². The van der Waals surface area contributed by atoms with E-state index >= 15 is 0 Å². The Labute approximate surface area is 137 Å². The van der Waals surface area contributed by atoms with Crippen LogP contribution >= 0.6 is 15.9 Å². The third-order valence-corrected chi connectivity index (χ3v) is 5.23. The lowest BCUT2D eigenvalue weighted by Gasteiger charge is -2.08. The molecule has 0 radical (unpaired) electrons. The highest BCUT2D eigenvalue weighted by atomic mass is 79.9. The number of hydrogen-bond acceptors (Lipinski definition) is 3. The Morgan fingerprint density at radius 3 is 2.18 bits per heavy atom. The fraction of sp³-hybridized carbons (Fsp3) is 0.0625. The van der Waals surface area contributed by atoms with Gasteiger partial charge in [0, 0.05) is 4.47 Å². The van der Waals surface area contributed by atoms with Crippen molar-refractivity contribution in [2.24, 2.45) is 0 Å². The molecule has 22 heavy (non-hydrogen) atoms. The second-order valence-electron chi connectivity index (χ2n) is 4.64. The summed E-state index contributed by atoms with van der Waals surface area (Å²) >= 11 is 3.31. The minimum Gasteiger partial charge on any atom is -0.319 e. The zero-order chi connectivity index (χ0) is 16.2. The highest BCUT2D eigenvalue weighted by molar-refractivity contribution is 9.10. The lowest BCUT2D eigenvalue weighted by atomic mass is 10.2. The van der Waals surface area contributed by atoms with Crippen LogP contribution in [-0.4, -0.2) is 14.8 Å². The summed E-state index contributed by atoms with van der Waals surface area (Å²) in [7, 11) is -3.78. The standard InChI is InChI=1S/C16H14BrNO3S/c1-12-2-8-15(9-3-12)22(20,21)16(18-11-19)10-13-4-6-14(17)7-5-13/h2-11H,1H3,(H,18,19). The zero-order valence-electron chi connectivity index (χ0n) is 11.8. The van der Waals surface area contributed by atoms with Crippen LogP contribution in [0.25, 0.3) is 6.08 Å².